The van der Waals surface area contributed by atoms with Gasteiger partial charge in [-0.15, -0.1) is 0 Å². The van der Waals surface area contributed by atoms with Crippen molar-refractivity contribution in [2.24, 2.45) is 0 Å². The molecule has 0 fully saturated rings. The second-order valence-corrected chi connectivity index (χ2v) is 5.15. The molecule has 0 radical (unpaired) electrons. The monoisotopic (exact) mass is 331 g/mol. The van der Waals surface area contributed by atoms with Crippen LogP contribution in [-0.4, -0.2) is 16.0 Å². The van der Waals surface area contributed by atoms with Crippen molar-refractivity contribution in [2.45, 2.75) is 6.92 Å². The third kappa shape index (κ3) is 2.25. The lowest BCUT2D eigenvalue weighted by atomic mass is 10.2. The van der Waals surface area contributed by atoms with Gasteiger partial charge in [-0.25, -0.2) is 4.98 Å². The molecule has 3 rings (SSSR count). The fraction of sp³-hybridized carbons (Fsp3) is 0.133. The molecule has 0 bridgehead atoms. The summed E-state index contributed by atoms with van der Waals surface area (Å²) in [6, 6.07) is 11.7. The first-order valence-electron chi connectivity index (χ1n) is 6.35. The zero-order valence-electron chi connectivity index (χ0n) is 11.0. The minimum absolute atomic E-state index is 0.645. The lowest BCUT2D eigenvalue weighted by Gasteiger charge is -2.06. The molecule has 0 atom stereocenters. The van der Waals surface area contributed by atoms with Crippen LogP contribution in [0.2, 0.25) is 0 Å². The SMILES string of the molecule is CCOc1cccc(-c2nc(Br)c3cc(N)ccn23)c1. The highest BCUT2D eigenvalue weighted by molar-refractivity contribution is 9.10. The van der Waals surface area contributed by atoms with Crippen molar-refractivity contribution < 1.29 is 4.74 Å². The summed E-state index contributed by atoms with van der Waals surface area (Å²) in [5.74, 6) is 1.70. The van der Waals surface area contributed by atoms with Crippen LogP contribution in [0.15, 0.2) is 47.2 Å². The van der Waals surface area contributed by atoms with Gasteiger partial charge in [0.05, 0.1) is 12.1 Å². The van der Waals surface area contributed by atoms with E-state index in [1.165, 1.54) is 0 Å². The number of pyridine rings is 1. The van der Waals surface area contributed by atoms with E-state index in [0.717, 1.165) is 27.3 Å². The van der Waals surface area contributed by atoms with Crippen LogP contribution in [0.5, 0.6) is 5.75 Å². The van der Waals surface area contributed by atoms with E-state index in [-0.39, 0.29) is 0 Å². The van der Waals surface area contributed by atoms with Gasteiger partial charge >= 0.3 is 0 Å². The summed E-state index contributed by atoms with van der Waals surface area (Å²) in [5.41, 5.74) is 8.49. The molecule has 0 spiro atoms. The van der Waals surface area contributed by atoms with Crippen LogP contribution in [-0.2, 0) is 0 Å². The molecule has 0 aliphatic heterocycles. The molecule has 0 saturated heterocycles. The molecule has 4 nitrogen and oxygen atoms in total. The van der Waals surface area contributed by atoms with Crippen molar-refractivity contribution in [2.75, 3.05) is 12.3 Å². The number of aromatic nitrogens is 2. The summed E-state index contributed by atoms with van der Waals surface area (Å²) in [7, 11) is 0. The maximum absolute atomic E-state index is 5.82. The van der Waals surface area contributed by atoms with Crippen LogP contribution >= 0.6 is 15.9 Å². The van der Waals surface area contributed by atoms with Gasteiger partial charge in [-0.2, -0.15) is 0 Å². The summed E-state index contributed by atoms with van der Waals surface area (Å²) in [6.45, 7) is 2.61. The molecule has 102 valence electrons. The number of anilines is 1. The van der Waals surface area contributed by atoms with Crippen LogP contribution in [0.25, 0.3) is 16.9 Å². The lowest BCUT2D eigenvalue weighted by Crippen LogP contribution is -1.94. The largest absolute Gasteiger partial charge is 0.494 e. The van der Waals surface area contributed by atoms with Gasteiger partial charge in [0, 0.05) is 17.4 Å². The predicted octanol–water partition coefficient (Wildman–Crippen LogP) is 3.74. The van der Waals surface area contributed by atoms with Gasteiger partial charge in [-0.05, 0) is 47.1 Å². The number of hydrogen-bond acceptors (Lipinski definition) is 3. The Bertz CT molecular complexity index is 767. The Labute approximate surface area is 125 Å². The lowest BCUT2D eigenvalue weighted by molar-refractivity contribution is 0.340. The molecule has 0 aliphatic carbocycles. The number of nitrogens with zero attached hydrogens (tertiary/aromatic N) is 2. The van der Waals surface area contributed by atoms with Crippen molar-refractivity contribution >= 4 is 27.1 Å². The third-order valence-electron chi connectivity index (χ3n) is 3.03. The van der Waals surface area contributed by atoms with Crippen LogP contribution in [0.1, 0.15) is 6.92 Å². The number of benzene rings is 1. The summed E-state index contributed by atoms with van der Waals surface area (Å²) >= 11 is 3.48. The van der Waals surface area contributed by atoms with Crippen LogP contribution in [0.4, 0.5) is 5.69 Å². The van der Waals surface area contributed by atoms with E-state index in [1.54, 1.807) is 0 Å². The zero-order valence-corrected chi connectivity index (χ0v) is 12.6. The Morgan fingerprint density at radius 2 is 2.15 bits per heavy atom. The number of rotatable bonds is 3. The van der Waals surface area contributed by atoms with Crippen molar-refractivity contribution in [1.29, 1.82) is 0 Å². The van der Waals surface area contributed by atoms with E-state index in [1.807, 2.05) is 53.9 Å². The number of ether oxygens (including phenoxy) is 1. The van der Waals surface area contributed by atoms with E-state index in [0.29, 0.717) is 12.3 Å². The standard InChI is InChI=1S/C15H14BrN3O/c1-2-20-12-5-3-4-10(8-12)15-18-14(16)13-9-11(17)6-7-19(13)15/h3-9H,2,17H2,1H3. The zero-order chi connectivity index (χ0) is 14.1. The Kier molecular flexibility index (Phi) is 3.36. The minimum Gasteiger partial charge on any atom is -0.494 e. The fourth-order valence-corrected chi connectivity index (χ4v) is 2.63. The van der Waals surface area contributed by atoms with Crippen LogP contribution in [0.3, 0.4) is 0 Å². The van der Waals surface area contributed by atoms with Gasteiger partial charge in [0.25, 0.3) is 0 Å². The number of hydrogen-bond donors (Lipinski definition) is 1. The van der Waals surface area contributed by atoms with E-state index in [9.17, 15) is 0 Å². The normalized spacial score (nSPS) is 10.9. The summed E-state index contributed by atoms with van der Waals surface area (Å²) < 4.78 is 8.32. The molecule has 3 aromatic rings. The molecule has 2 heterocycles. The second kappa shape index (κ2) is 5.17. The molecule has 20 heavy (non-hydrogen) atoms. The summed E-state index contributed by atoms with van der Waals surface area (Å²) in [5, 5.41) is 0. The van der Waals surface area contributed by atoms with Gasteiger partial charge in [-0.1, -0.05) is 12.1 Å². The van der Waals surface area contributed by atoms with Gasteiger partial charge in [0.15, 0.2) is 0 Å². The van der Waals surface area contributed by atoms with E-state index >= 15 is 0 Å². The average molecular weight is 332 g/mol. The predicted molar refractivity (Wildman–Crippen MR) is 83.9 cm³/mol. The minimum atomic E-state index is 0.645. The number of nitrogen functional groups attached to an aromatic ring is 1. The topological polar surface area (TPSA) is 52.5 Å². The highest BCUT2D eigenvalue weighted by Crippen LogP contribution is 2.29. The summed E-state index contributed by atoms with van der Waals surface area (Å²) in [6.07, 6.45) is 1.92. The van der Waals surface area contributed by atoms with Crippen LogP contribution < -0.4 is 10.5 Å². The molecule has 5 heteroatoms. The molecule has 0 amide bonds. The quantitative estimate of drug-likeness (QED) is 0.795. The third-order valence-corrected chi connectivity index (χ3v) is 3.61. The summed E-state index contributed by atoms with van der Waals surface area (Å²) in [4.78, 5) is 4.57. The number of fused-ring (bicyclic) bond motifs is 1. The number of nitrogens with two attached hydrogens (primary N) is 1. The van der Waals surface area contributed by atoms with E-state index in [4.69, 9.17) is 10.5 Å². The van der Waals surface area contributed by atoms with Crippen molar-refractivity contribution in [3.05, 3.63) is 47.2 Å². The fourth-order valence-electron chi connectivity index (χ4n) is 2.16. The Balaban J connectivity index is 2.17. The van der Waals surface area contributed by atoms with E-state index in [2.05, 4.69) is 20.9 Å². The molecule has 2 aromatic heterocycles. The Morgan fingerprint density at radius 1 is 1.30 bits per heavy atom. The Hall–Kier alpha value is -2.01. The first-order chi connectivity index (χ1) is 9.69. The van der Waals surface area contributed by atoms with Gasteiger partial charge < -0.3 is 10.5 Å². The highest BCUT2D eigenvalue weighted by Gasteiger charge is 2.11. The van der Waals surface area contributed by atoms with Crippen molar-refractivity contribution in [1.82, 2.24) is 9.38 Å². The maximum Gasteiger partial charge on any atom is 0.146 e. The molecule has 0 unspecified atom stereocenters. The van der Waals surface area contributed by atoms with Crippen molar-refractivity contribution in [3.63, 3.8) is 0 Å². The maximum atomic E-state index is 5.82. The average Bonchev–Trinajstić information content (AvgIpc) is 2.77. The molecule has 0 aliphatic rings. The smallest absolute Gasteiger partial charge is 0.146 e. The van der Waals surface area contributed by atoms with Gasteiger partial charge in [0.1, 0.15) is 16.2 Å². The first kappa shape index (κ1) is 13.0. The highest BCUT2D eigenvalue weighted by atomic mass is 79.9. The van der Waals surface area contributed by atoms with Gasteiger partial charge in [-0.3, -0.25) is 4.40 Å². The van der Waals surface area contributed by atoms with Gasteiger partial charge in [0.2, 0.25) is 0 Å². The Morgan fingerprint density at radius 3 is 2.95 bits per heavy atom. The number of halogens is 1. The molecular formula is C15H14BrN3O. The van der Waals surface area contributed by atoms with Crippen LogP contribution in [0, 0.1) is 0 Å². The molecule has 1 aromatic carbocycles. The molecular weight excluding hydrogens is 318 g/mol. The van der Waals surface area contributed by atoms with Crippen molar-refractivity contribution in [3.8, 4) is 17.1 Å². The molecule has 2 N–H and O–H groups in total. The van der Waals surface area contributed by atoms with E-state index < -0.39 is 0 Å². The molecule has 0 saturated carbocycles. The number of imidazole rings is 1. The first-order valence-corrected chi connectivity index (χ1v) is 7.14. The second-order valence-electron chi connectivity index (χ2n) is 4.40.